The second-order valence-corrected chi connectivity index (χ2v) is 5.89. The van der Waals surface area contributed by atoms with Crippen LogP contribution in [-0.2, 0) is 4.74 Å². The molecule has 20 heavy (non-hydrogen) atoms. The minimum Gasteiger partial charge on any atom is -0.377 e. The van der Waals surface area contributed by atoms with Crippen molar-refractivity contribution in [3.8, 4) is 0 Å². The monoisotopic (exact) mass is 275 g/mol. The second-order valence-electron chi connectivity index (χ2n) is 5.89. The number of hydrogen-bond acceptors (Lipinski definition) is 2. The van der Waals surface area contributed by atoms with Crippen LogP contribution in [0.5, 0.6) is 0 Å². The first-order chi connectivity index (χ1) is 9.76. The zero-order chi connectivity index (χ0) is 14.4. The van der Waals surface area contributed by atoms with E-state index in [0.29, 0.717) is 6.04 Å². The number of rotatable bonds is 8. The van der Waals surface area contributed by atoms with E-state index < -0.39 is 0 Å². The van der Waals surface area contributed by atoms with Crippen LogP contribution in [0.4, 0.5) is 0 Å². The summed E-state index contributed by atoms with van der Waals surface area (Å²) in [6.45, 7) is 8.23. The molecule has 0 heterocycles. The molecule has 1 aromatic rings. The molecular weight excluding hydrogens is 246 g/mol. The molecule has 2 rings (SSSR count). The van der Waals surface area contributed by atoms with Crippen LogP contribution in [0.3, 0.4) is 0 Å². The molecule has 2 nitrogen and oxygen atoms in total. The summed E-state index contributed by atoms with van der Waals surface area (Å²) in [5.41, 5.74) is 2.86. The third kappa shape index (κ3) is 3.83. The average molecular weight is 275 g/mol. The number of benzene rings is 1. The van der Waals surface area contributed by atoms with Crippen LogP contribution in [0.25, 0.3) is 0 Å². The zero-order valence-corrected chi connectivity index (χ0v) is 13.2. The highest BCUT2D eigenvalue weighted by atomic mass is 16.5. The Morgan fingerprint density at radius 2 is 1.90 bits per heavy atom. The van der Waals surface area contributed by atoms with Gasteiger partial charge in [0.1, 0.15) is 0 Å². The first-order valence-corrected chi connectivity index (χ1v) is 8.21. The van der Waals surface area contributed by atoms with Crippen molar-refractivity contribution >= 4 is 0 Å². The van der Waals surface area contributed by atoms with Crippen LogP contribution < -0.4 is 5.32 Å². The smallest absolute Gasteiger partial charge is 0.0741 e. The van der Waals surface area contributed by atoms with Gasteiger partial charge in [-0.2, -0.15) is 0 Å². The molecule has 2 heteroatoms. The molecule has 1 aliphatic carbocycles. The Kier molecular flexibility index (Phi) is 6.06. The molecule has 1 fully saturated rings. The van der Waals surface area contributed by atoms with Gasteiger partial charge in [-0.3, -0.25) is 0 Å². The molecular formula is C18H29NO. The fraction of sp³-hybridized carbons (Fsp3) is 0.667. The predicted molar refractivity (Wildman–Crippen MR) is 85.2 cm³/mol. The van der Waals surface area contributed by atoms with E-state index in [-0.39, 0.29) is 6.10 Å². The topological polar surface area (TPSA) is 21.3 Å². The highest BCUT2D eigenvalue weighted by Crippen LogP contribution is 2.36. The van der Waals surface area contributed by atoms with E-state index in [1.807, 2.05) is 0 Å². The zero-order valence-electron chi connectivity index (χ0n) is 13.2. The third-order valence-corrected chi connectivity index (χ3v) is 4.39. The van der Waals surface area contributed by atoms with Gasteiger partial charge in [0, 0.05) is 6.61 Å². The Morgan fingerprint density at radius 1 is 1.20 bits per heavy atom. The average Bonchev–Trinajstić information content (AvgIpc) is 2.39. The number of nitrogens with one attached hydrogen (secondary N) is 1. The highest BCUT2D eigenvalue weighted by Gasteiger charge is 2.21. The lowest BCUT2D eigenvalue weighted by Gasteiger charge is -2.28. The van der Waals surface area contributed by atoms with Crippen molar-refractivity contribution in [2.75, 3.05) is 13.2 Å². The van der Waals surface area contributed by atoms with E-state index >= 15 is 0 Å². The minimum absolute atomic E-state index is 0.209. The molecule has 2 unspecified atom stereocenters. The van der Waals surface area contributed by atoms with Gasteiger partial charge in [-0.1, -0.05) is 37.6 Å². The van der Waals surface area contributed by atoms with Crippen molar-refractivity contribution in [3.63, 3.8) is 0 Å². The minimum atomic E-state index is 0.209. The number of hydrogen-bond donors (Lipinski definition) is 1. The van der Waals surface area contributed by atoms with Crippen molar-refractivity contribution in [2.24, 2.45) is 0 Å². The van der Waals surface area contributed by atoms with Crippen LogP contribution in [0, 0.1) is 0 Å². The van der Waals surface area contributed by atoms with Crippen LogP contribution in [0.2, 0.25) is 0 Å². The Morgan fingerprint density at radius 3 is 2.40 bits per heavy atom. The molecule has 0 aliphatic heterocycles. The lowest BCUT2D eigenvalue weighted by Crippen LogP contribution is -2.32. The first kappa shape index (κ1) is 15.5. The quantitative estimate of drug-likeness (QED) is 0.758. The molecule has 0 aromatic heterocycles. The molecule has 0 spiro atoms. The van der Waals surface area contributed by atoms with Gasteiger partial charge in [-0.25, -0.2) is 0 Å². The second kappa shape index (κ2) is 7.80. The Labute approximate surface area is 123 Å². The van der Waals surface area contributed by atoms with Crippen molar-refractivity contribution in [1.29, 1.82) is 0 Å². The van der Waals surface area contributed by atoms with E-state index in [2.05, 4.69) is 50.4 Å². The van der Waals surface area contributed by atoms with Crippen molar-refractivity contribution < 1.29 is 4.74 Å². The maximum atomic E-state index is 5.80. The van der Waals surface area contributed by atoms with Gasteiger partial charge < -0.3 is 10.1 Å². The maximum Gasteiger partial charge on any atom is 0.0741 e. The van der Waals surface area contributed by atoms with Gasteiger partial charge in [-0.15, -0.1) is 0 Å². The molecule has 0 radical (unpaired) electrons. The maximum absolute atomic E-state index is 5.80. The summed E-state index contributed by atoms with van der Waals surface area (Å²) in [7, 11) is 0. The SMILES string of the molecule is CCCNC(c1ccc(C2CCC2)cc1)C(C)OCC. The largest absolute Gasteiger partial charge is 0.377 e. The van der Waals surface area contributed by atoms with E-state index in [9.17, 15) is 0 Å². The van der Waals surface area contributed by atoms with Crippen molar-refractivity contribution in [3.05, 3.63) is 35.4 Å². The summed E-state index contributed by atoms with van der Waals surface area (Å²) in [6, 6.07) is 9.51. The van der Waals surface area contributed by atoms with Crippen LogP contribution >= 0.6 is 0 Å². The van der Waals surface area contributed by atoms with Crippen LogP contribution in [-0.4, -0.2) is 19.3 Å². The number of ether oxygens (including phenoxy) is 1. The molecule has 112 valence electrons. The summed E-state index contributed by atoms with van der Waals surface area (Å²) in [5, 5.41) is 3.62. The lowest BCUT2D eigenvalue weighted by atomic mass is 9.79. The fourth-order valence-corrected chi connectivity index (χ4v) is 2.93. The van der Waals surface area contributed by atoms with Gasteiger partial charge in [0.2, 0.25) is 0 Å². The molecule has 0 saturated heterocycles. The normalized spacial score (nSPS) is 18.6. The van der Waals surface area contributed by atoms with Gasteiger partial charge in [0.25, 0.3) is 0 Å². The summed E-state index contributed by atoms with van der Waals surface area (Å²) >= 11 is 0. The van der Waals surface area contributed by atoms with Crippen LogP contribution in [0.1, 0.15) is 69.5 Å². The molecule has 0 bridgehead atoms. The standard InChI is InChI=1S/C18H29NO/c1-4-13-19-18(14(3)20-5-2)17-11-9-16(10-12-17)15-7-6-8-15/h9-12,14-15,18-19H,4-8,13H2,1-3H3. The summed E-state index contributed by atoms with van der Waals surface area (Å²) in [6.07, 6.45) is 5.49. The fourth-order valence-electron chi connectivity index (χ4n) is 2.93. The first-order valence-electron chi connectivity index (χ1n) is 8.21. The van der Waals surface area contributed by atoms with Crippen molar-refractivity contribution in [2.45, 2.75) is 64.5 Å². The third-order valence-electron chi connectivity index (χ3n) is 4.39. The van der Waals surface area contributed by atoms with E-state index in [0.717, 1.165) is 25.5 Å². The predicted octanol–water partition coefficient (Wildman–Crippen LogP) is 4.42. The van der Waals surface area contributed by atoms with Crippen molar-refractivity contribution in [1.82, 2.24) is 5.32 Å². The summed E-state index contributed by atoms with van der Waals surface area (Å²) in [5.74, 6) is 0.815. The molecule has 1 saturated carbocycles. The van der Waals surface area contributed by atoms with Gasteiger partial charge in [0.15, 0.2) is 0 Å². The molecule has 1 aromatic carbocycles. The highest BCUT2D eigenvalue weighted by molar-refractivity contribution is 5.29. The summed E-state index contributed by atoms with van der Waals surface area (Å²) in [4.78, 5) is 0. The molecule has 1 aliphatic rings. The van der Waals surface area contributed by atoms with E-state index in [1.54, 1.807) is 0 Å². The van der Waals surface area contributed by atoms with E-state index in [1.165, 1.54) is 30.4 Å². The Balaban J connectivity index is 2.06. The van der Waals surface area contributed by atoms with Gasteiger partial charge in [-0.05, 0) is 56.7 Å². The molecule has 2 atom stereocenters. The van der Waals surface area contributed by atoms with E-state index in [4.69, 9.17) is 4.74 Å². The Hall–Kier alpha value is -0.860. The van der Waals surface area contributed by atoms with Gasteiger partial charge >= 0.3 is 0 Å². The van der Waals surface area contributed by atoms with Gasteiger partial charge in [0.05, 0.1) is 12.1 Å². The lowest BCUT2D eigenvalue weighted by molar-refractivity contribution is 0.0472. The summed E-state index contributed by atoms with van der Waals surface area (Å²) < 4.78 is 5.80. The van der Waals surface area contributed by atoms with Crippen LogP contribution in [0.15, 0.2) is 24.3 Å². The molecule has 0 amide bonds. The Bertz CT molecular complexity index is 383. The molecule has 1 N–H and O–H groups in total.